The average molecular weight is 252 g/mol. The van der Waals surface area contributed by atoms with Crippen LogP contribution < -0.4 is 11.1 Å². The summed E-state index contributed by atoms with van der Waals surface area (Å²) in [7, 11) is 3.33. The maximum atomic E-state index is 11.3. The number of aromatic carboxylic acids is 1. The Balaban J connectivity index is 2.64. The van der Waals surface area contributed by atoms with E-state index in [2.05, 4.69) is 10.3 Å². The lowest BCUT2D eigenvalue weighted by Crippen LogP contribution is -2.24. The second-order valence-corrected chi connectivity index (χ2v) is 3.90. The van der Waals surface area contributed by atoms with Crippen LogP contribution in [0.1, 0.15) is 16.9 Å². The quantitative estimate of drug-likeness (QED) is 0.693. The highest BCUT2D eigenvalue weighted by Crippen LogP contribution is 2.15. The van der Waals surface area contributed by atoms with E-state index < -0.39 is 5.97 Å². The Bertz CT molecular complexity index is 460. The summed E-state index contributed by atoms with van der Waals surface area (Å²) in [6.45, 7) is 0.345. The van der Waals surface area contributed by atoms with Gasteiger partial charge < -0.3 is 21.1 Å². The minimum Gasteiger partial charge on any atom is -0.477 e. The Morgan fingerprint density at radius 2 is 2.11 bits per heavy atom. The molecule has 7 nitrogen and oxygen atoms in total. The van der Waals surface area contributed by atoms with Crippen molar-refractivity contribution in [2.45, 2.75) is 6.42 Å². The maximum Gasteiger partial charge on any atom is 0.354 e. The molecule has 0 bridgehead atoms. The molecule has 7 heteroatoms. The van der Waals surface area contributed by atoms with Gasteiger partial charge in [-0.25, -0.2) is 9.78 Å². The van der Waals surface area contributed by atoms with Crippen LogP contribution in [0.2, 0.25) is 0 Å². The summed E-state index contributed by atoms with van der Waals surface area (Å²) >= 11 is 0. The summed E-state index contributed by atoms with van der Waals surface area (Å²) in [6.07, 6.45) is 0.283. The number of carboxylic acid groups (broad SMARTS) is 1. The van der Waals surface area contributed by atoms with E-state index in [4.69, 9.17) is 10.8 Å². The summed E-state index contributed by atoms with van der Waals surface area (Å²) in [5, 5.41) is 11.6. The molecule has 0 radical (unpaired) electrons. The first-order chi connectivity index (χ1) is 8.41. The number of nitrogen functional groups attached to an aromatic ring is 1. The number of amides is 1. The minimum absolute atomic E-state index is 0.0320. The molecule has 0 spiro atoms. The Hall–Kier alpha value is -2.31. The number of nitrogens with zero attached hydrogens (tertiary/aromatic N) is 2. The standard InChI is InChI=1S/C11H16N4O3/c1-15(2)9(16)5-6-13-10-7(12)3-4-8(14-10)11(17)18/h3-4H,5-6,12H2,1-2H3,(H,13,14)(H,17,18). The SMILES string of the molecule is CN(C)C(=O)CCNc1nc(C(=O)O)ccc1N. The molecule has 0 aliphatic heterocycles. The molecule has 0 saturated carbocycles. The van der Waals surface area contributed by atoms with Crippen molar-refractivity contribution in [3.63, 3.8) is 0 Å². The number of nitrogens with one attached hydrogen (secondary N) is 1. The predicted octanol–water partition coefficient (Wildman–Crippen LogP) is 0.252. The van der Waals surface area contributed by atoms with Crippen LogP contribution in [0.5, 0.6) is 0 Å². The zero-order valence-corrected chi connectivity index (χ0v) is 10.3. The van der Waals surface area contributed by atoms with Crippen LogP contribution in [-0.4, -0.2) is 47.5 Å². The van der Waals surface area contributed by atoms with Crippen molar-refractivity contribution >= 4 is 23.4 Å². The van der Waals surface area contributed by atoms with Crippen LogP contribution in [0.3, 0.4) is 0 Å². The molecule has 0 unspecified atom stereocenters. The fourth-order valence-corrected chi connectivity index (χ4v) is 1.24. The van der Waals surface area contributed by atoms with Gasteiger partial charge in [-0.3, -0.25) is 4.79 Å². The molecule has 1 aromatic rings. The van der Waals surface area contributed by atoms with Crippen LogP contribution in [0.25, 0.3) is 0 Å². The van der Waals surface area contributed by atoms with E-state index in [1.54, 1.807) is 14.1 Å². The zero-order chi connectivity index (χ0) is 13.7. The molecule has 1 aromatic heterocycles. The van der Waals surface area contributed by atoms with Crippen molar-refractivity contribution in [1.82, 2.24) is 9.88 Å². The van der Waals surface area contributed by atoms with Crippen LogP contribution in [0.4, 0.5) is 11.5 Å². The van der Waals surface area contributed by atoms with Gasteiger partial charge in [0.15, 0.2) is 5.69 Å². The molecule has 18 heavy (non-hydrogen) atoms. The summed E-state index contributed by atoms with van der Waals surface area (Å²) in [5.74, 6) is -0.876. The Morgan fingerprint density at radius 3 is 2.67 bits per heavy atom. The number of nitrogens with two attached hydrogens (primary N) is 1. The number of anilines is 2. The molecule has 0 aliphatic rings. The number of aromatic nitrogens is 1. The first-order valence-corrected chi connectivity index (χ1v) is 5.35. The van der Waals surface area contributed by atoms with E-state index in [1.165, 1.54) is 17.0 Å². The molecule has 1 amide bonds. The van der Waals surface area contributed by atoms with Gasteiger partial charge >= 0.3 is 5.97 Å². The predicted molar refractivity (Wildman–Crippen MR) is 67.4 cm³/mol. The second kappa shape index (κ2) is 5.85. The summed E-state index contributed by atoms with van der Waals surface area (Å²) < 4.78 is 0. The van der Waals surface area contributed by atoms with E-state index in [0.717, 1.165) is 0 Å². The van der Waals surface area contributed by atoms with E-state index in [1.807, 2.05) is 0 Å². The van der Waals surface area contributed by atoms with Crippen molar-refractivity contribution in [1.29, 1.82) is 0 Å². The van der Waals surface area contributed by atoms with Crippen molar-refractivity contribution in [2.75, 3.05) is 31.7 Å². The first kappa shape index (κ1) is 13.8. The van der Waals surface area contributed by atoms with Crippen LogP contribution in [0.15, 0.2) is 12.1 Å². The number of rotatable bonds is 5. The average Bonchev–Trinajstić information content (AvgIpc) is 2.30. The third-order valence-corrected chi connectivity index (χ3v) is 2.28. The lowest BCUT2D eigenvalue weighted by molar-refractivity contribution is -0.128. The van der Waals surface area contributed by atoms with Crippen molar-refractivity contribution in [2.24, 2.45) is 0 Å². The highest BCUT2D eigenvalue weighted by atomic mass is 16.4. The van der Waals surface area contributed by atoms with Gasteiger partial charge in [0, 0.05) is 27.1 Å². The van der Waals surface area contributed by atoms with E-state index in [0.29, 0.717) is 12.2 Å². The lowest BCUT2D eigenvalue weighted by atomic mass is 10.3. The fraction of sp³-hybridized carbons (Fsp3) is 0.364. The molecule has 0 saturated heterocycles. The Labute approximate surface area is 105 Å². The van der Waals surface area contributed by atoms with Gasteiger partial charge in [-0.05, 0) is 12.1 Å². The summed E-state index contributed by atoms with van der Waals surface area (Å²) in [4.78, 5) is 27.4. The van der Waals surface area contributed by atoms with Crippen LogP contribution in [0, 0.1) is 0 Å². The number of carbonyl (C=O) groups excluding carboxylic acids is 1. The summed E-state index contributed by atoms with van der Waals surface area (Å²) in [5.41, 5.74) is 5.91. The number of carboxylic acids is 1. The number of hydrogen-bond acceptors (Lipinski definition) is 5. The Kier molecular flexibility index (Phi) is 4.47. The second-order valence-electron chi connectivity index (χ2n) is 3.90. The number of carbonyl (C=O) groups is 2. The zero-order valence-electron chi connectivity index (χ0n) is 10.3. The smallest absolute Gasteiger partial charge is 0.354 e. The molecule has 0 aromatic carbocycles. The highest BCUT2D eigenvalue weighted by molar-refractivity contribution is 5.86. The molecule has 4 N–H and O–H groups in total. The van der Waals surface area contributed by atoms with Gasteiger partial charge in [-0.15, -0.1) is 0 Å². The Morgan fingerprint density at radius 1 is 1.44 bits per heavy atom. The van der Waals surface area contributed by atoms with E-state index in [9.17, 15) is 9.59 Å². The number of hydrogen-bond donors (Lipinski definition) is 3. The van der Waals surface area contributed by atoms with Gasteiger partial charge in [0.2, 0.25) is 5.91 Å². The van der Waals surface area contributed by atoms with Crippen molar-refractivity contribution in [3.8, 4) is 0 Å². The van der Waals surface area contributed by atoms with Gasteiger partial charge in [0.05, 0.1) is 5.69 Å². The minimum atomic E-state index is -1.12. The van der Waals surface area contributed by atoms with Crippen molar-refractivity contribution < 1.29 is 14.7 Å². The summed E-state index contributed by atoms with van der Waals surface area (Å²) in [6, 6.07) is 2.79. The molecule has 1 heterocycles. The normalized spacial score (nSPS) is 9.89. The van der Waals surface area contributed by atoms with Crippen molar-refractivity contribution in [3.05, 3.63) is 17.8 Å². The van der Waals surface area contributed by atoms with Gasteiger partial charge in [0.1, 0.15) is 5.82 Å². The highest BCUT2D eigenvalue weighted by Gasteiger charge is 2.09. The monoisotopic (exact) mass is 252 g/mol. The fourth-order valence-electron chi connectivity index (χ4n) is 1.24. The molecule has 0 atom stereocenters. The molecule has 1 rings (SSSR count). The lowest BCUT2D eigenvalue weighted by Gasteiger charge is -2.12. The van der Waals surface area contributed by atoms with E-state index >= 15 is 0 Å². The molecule has 0 aliphatic carbocycles. The largest absolute Gasteiger partial charge is 0.477 e. The topological polar surface area (TPSA) is 109 Å². The molecular weight excluding hydrogens is 236 g/mol. The molecule has 98 valence electrons. The molecule has 0 fully saturated rings. The third-order valence-electron chi connectivity index (χ3n) is 2.28. The number of pyridine rings is 1. The van der Waals surface area contributed by atoms with Gasteiger partial charge in [0.25, 0.3) is 0 Å². The third kappa shape index (κ3) is 3.62. The molecular formula is C11H16N4O3. The van der Waals surface area contributed by atoms with Gasteiger partial charge in [-0.1, -0.05) is 0 Å². The maximum absolute atomic E-state index is 11.3. The van der Waals surface area contributed by atoms with Crippen LogP contribution >= 0.6 is 0 Å². The van der Waals surface area contributed by atoms with E-state index in [-0.39, 0.29) is 23.8 Å². The van der Waals surface area contributed by atoms with Gasteiger partial charge in [-0.2, -0.15) is 0 Å². The van der Waals surface area contributed by atoms with Crippen LogP contribution in [-0.2, 0) is 4.79 Å². The first-order valence-electron chi connectivity index (χ1n) is 5.35.